The minimum atomic E-state index is -0.907. The number of nitrogens with zero attached hydrogens (tertiary/aromatic N) is 1. The first kappa shape index (κ1) is 29.3. The smallest absolute Gasteiger partial charge is 0.336 e. The van der Waals surface area contributed by atoms with Gasteiger partial charge in [0, 0.05) is 44.2 Å². The fraction of sp³-hybridized carbons (Fsp3) is 0.731. The van der Waals surface area contributed by atoms with Crippen molar-refractivity contribution in [2.45, 2.75) is 116 Å². The van der Waals surface area contributed by atoms with E-state index in [-0.39, 0.29) is 56.7 Å². The molecule has 2 aliphatic rings. The monoisotopic (exact) mass is 506 g/mol. The molecule has 1 saturated heterocycles. The average molecular weight is 507 g/mol. The maximum Gasteiger partial charge on any atom is 0.336 e. The summed E-state index contributed by atoms with van der Waals surface area (Å²) in [6.45, 7) is 7.31. The van der Waals surface area contributed by atoms with Crippen molar-refractivity contribution < 1.29 is 38.3 Å². The Morgan fingerprint density at radius 1 is 0.972 bits per heavy atom. The molecule has 0 aromatic carbocycles. The van der Waals surface area contributed by atoms with Gasteiger partial charge in [-0.25, -0.2) is 4.79 Å². The van der Waals surface area contributed by atoms with Crippen LogP contribution in [0.1, 0.15) is 98.3 Å². The molecule has 1 heterocycles. The molecule has 1 atom stereocenters. The number of carbonyl (C=O) groups is 5. The minimum absolute atomic E-state index is 0.0117. The number of ether oxygens (including phenoxy) is 2. The van der Waals surface area contributed by atoms with Gasteiger partial charge in [-0.15, -0.1) is 16.9 Å². The molecular weight excluding hydrogens is 468 g/mol. The standard InChI is InChI=1S/C26H38N2O8/c1-25(2,27-20(29)12-15-23(32)35-19-10-8-6-5-7-9-11-19)16-17-34-26(3,4)18-24(33)36-28-21(30)13-14-22(28)31/h19H,6,8-18H2,1-4H3,(H,27,29). The third-order valence-electron chi connectivity index (χ3n) is 5.87. The largest absolute Gasteiger partial charge is 0.462 e. The highest BCUT2D eigenvalue weighted by atomic mass is 16.7. The molecule has 36 heavy (non-hydrogen) atoms. The van der Waals surface area contributed by atoms with Gasteiger partial charge < -0.3 is 19.6 Å². The topological polar surface area (TPSA) is 128 Å². The van der Waals surface area contributed by atoms with Crippen LogP contribution in [-0.4, -0.2) is 58.6 Å². The van der Waals surface area contributed by atoms with Crippen LogP contribution < -0.4 is 5.32 Å². The maximum atomic E-state index is 12.4. The van der Waals surface area contributed by atoms with Gasteiger partial charge in [-0.1, -0.05) is 0 Å². The molecule has 0 aromatic rings. The molecule has 1 unspecified atom stereocenters. The van der Waals surface area contributed by atoms with Crippen molar-refractivity contribution in [3.63, 3.8) is 0 Å². The molecule has 200 valence electrons. The van der Waals surface area contributed by atoms with E-state index >= 15 is 0 Å². The van der Waals surface area contributed by atoms with Gasteiger partial charge in [-0.3, -0.25) is 19.2 Å². The third-order valence-corrected chi connectivity index (χ3v) is 5.87. The van der Waals surface area contributed by atoms with E-state index in [4.69, 9.17) is 14.3 Å². The molecule has 0 bridgehead atoms. The van der Waals surface area contributed by atoms with Gasteiger partial charge in [0.2, 0.25) is 5.91 Å². The number of imide groups is 1. The first-order valence-electron chi connectivity index (χ1n) is 12.5. The van der Waals surface area contributed by atoms with Gasteiger partial charge in [0.1, 0.15) is 6.10 Å². The van der Waals surface area contributed by atoms with Crippen LogP contribution in [-0.2, 0) is 38.3 Å². The fourth-order valence-corrected chi connectivity index (χ4v) is 3.83. The first-order valence-corrected chi connectivity index (χ1v) is 12.5. The summed E-state index contributed by atoms with van der Waals surface area (Å²) in [6.07, 6.45) is 4.20. The lowest BCUT2D eigenvalue weighted by atomic mass is 10.00. The van der Waals surface area contributed by atoms with Crippen LogP contribution >= 0.6 is 0 Å². The molecule has 10 nitrogen and oxygen atoms in total. The van der Waals surface area contributed by atoms with E-state index in [1.807, 2.05) is 13.8 Å². The molecule has 1 N–H and O–H groups in total. The number of rotatable bonds is 12. The molecule has 0 spiro atoms. The van der Waals surface area contributed by atoms with Gasteiger partial charge in [-0.05, 0) is 53.4 Å². The van der Waals surface area contributed by atoms with Crippen LogP contribution in [0, 0.1) is 11.8 Å². The molecule has 1 fully saturated rings. The quantitative estimate of drug-likeness (QED) is 0.243. The number of hydroxylamine groups is 2. The number of esters is 1. The van der Waals surface area contributed by atoms with E-state index in [0.717, 1.165) is 25.7 Å². The van der Waals surface area contributed by atoms with Crippen molar-refractivity contribution in [3.05, 3.63) is 0 Å². The summed E-state index contributed by atoms with van der Waals surface area (Å²) in [7, 11) is 0. The number of amides is 3. The molecule has 0 radical (unpaired) electrons. The molecule has 0 aromatic heterocycles. The lowest BCUT2D eigenvalue weighted by Crippen LogP contribution is -2.45. The average Bonchev–Trinajstić information content (AvgIpc) is 3.05. The van der Waals surface area contributed by atoms with Crippen LogP contribution in [0.4, 0.5) is 0 Å². The summed E-state index contributed by atoms with van der Waals surface area (Å²) in [5.74, 6) is 3.68. The van der Waals surface area contributed by atoms with Crippen LogP contribution in [0.3, 0.4) is 0 Å². The van der Waals surface area contributed by atoms with E-state index in [1.54, 1.807) is 13.8 Å². The van der Waals surface area contributed by atoms with Crippen LogP contribution in [0.5, 0.6) is 0 Å². The Kier molecular flexibility index (Phi) is 10.9. The van der Waals surface area contributed by atoms with Gasteiger partial charge in [-0.2, -0.15) is 0 Å². The van der Waals surface area contributed by atoms with Gasteiger partial charge in [0.25, 0.3) is 11.8 Å². The molecular formula is C26H38N2O8. The minimum Gasteiger partial charge on any atom is -0.462 e. The number of hydrogen-bond acceptors (Lipinski definition) is 8. The van der Waals surface area contributed by atoms with Crippen LogP contribution in [0.15, 0.2) is 0 Å². The Balaban J connectivity index is 1.66. The summed E-state index contributed by atoms with van der Waals surface area (Å²) < 4.78 is 11.3. The number of carbonyl (C=O) groups excluding carboxylic acids is 5. The van der Waals surface area contributed by atoms with E-state index in [0.29, 0.717) is 17.9 Å². The van der Waals surface area contributed by atoms with E-state index in [2.05, 4.69) is 17.2 Å². The zero-order chi connectivity index (χ0) is 26.8. The zero-order valence-corrected chi connectivity index (χ0v) is 21.8. The highest BCUT2D eigenvalue weighted by molar-refractivity contribution is 6.01. The SMILES string of the molecule is CC(C)(CCOC(C)(C)CC(=O)ON1C(=O)CCC1=O)NC(=O)CCC(=O)OC1CCC#CCCC1. The molecule has 3 amide bonds. The second-order valence-corrected chi connectivity index (χ2v) is 10.4. The summed E-state index contributed by atoms with van der Waals surface area (Å²) in [4.78, 5) is 64.7. The van der Waals surface area contributed by atoms with Crippen molar-refractivity contribution in [3.8, 4) is 11.8 Å². The second kappa shape index (κ2) is 13.4. The van der Waals surface area contributed by atoms with Crippen molar-refractivity contribution in [1.82, 2.24) is 10.4 Å². The Morgan fingerprint density at radius 3 is 2.33 bits per heavy atom. The third kappa shape index (κ3) is 10.8. The zero-order valence-electron chi connectivity index (χ0n) is 21.8. The predicted octanol–water partition coefficient (Wildman–Crippen LogP) is 2.72. The summed E-state index contributed by atoms with van der Waals surface area (Å²) in [5, 5.41) is 3.41. The summed E-state index contributed by atoms with van der Waals surface area (Å²) in [6, 6.07) is 0. The van der Waals surface area contributed by atoms with Crippen molar-refractivity contribution in [2.24, 2.45) is 0 Å². The Morgan fingerprint density at radius 2 is 1.64 bits per heavy atom. The Bertz CT molecular complexity index is 883. The van der Waals surface area contributed by atoms with Crippen LogP contribution in [0.25, 0.3) is 0 Å². The Hall–Kier alpha value is -2.93. The molecule has 1 aliphatic carbocycles. The number of nitrogens with one attached hydrogen (secondary N) is 1. The molecule has 0 saturated carbocycles. The van der Waals surface area contributed by atoms with Gasteiger partial charge in [0.05, 0.1) is 18.4 Å². The molecule has 1 aliphatic heterocycles. The van der Waals surface area contributed by atoms with Gasteiger partial charge >= 0.3 is 11.9 Å². The van der Waals surface area contributed by atoms with E-state index in [9.17, 15) is 24.0 Å². The molecule has 2 rings (SSSR count). The highest BCUT2D eigenvalue weighted by Gasteiger charge is 2.35. The predicted molar refractivity (Wildman–Crippen MR) is 129 cm³/mol. The maximum absolute atomic E-state index is 12.4. The summed E-state index contributed by atoms with van der Waals surface area (Å²) in [5.41, 5.74) is -1.51. The van der Waals surface area contributed by atoms with Crippen molar-refractivity contribution >= 4 is 29.7 Å². The molecule has 10 heteroatoms. The van der Waals surface area contributed by atoms with Gasteiger partial charge in [0.15, 0.2) is 0 Å². The lowest BCUT2D eigenvalue weighted by molar-refractivity contribution is -0.200. The first-order chi connectivity index (χ1) is 16.9. The lowest BCUT2D eigenvalue weighted by Gasteiger charge is -2.30. The van der Waals surface area contributed by atoms with Crippen LogP contribution in [0.2, 0.25) is 0 Å². The number of hydrogen-bond donors (Lipinski definition) is 1. The fourth-order valence-electron chi connectivity index (χ4n) is 3.83. The van der Waals surface area contributed by atoms with E-state index in [1.165, 1.54) is 0 Å². The Labute approximate surface area is 212 Å². The second-order valence-electron chi connectivity index (χ2n) is 10.4. The normalized spacial score (nSPS) is 18.6. The van der Waals surface area contributed by atoms with Crippen molar-refractivity contribution in [1.29, 1.82) is 0 Å². The highest BCUT2D eigenvalue weighted by Crippen LogP contribution is 2.20. The van der Waals surface area contributed by atoms with E-state index < -0.39 is 28.9 Å². The van der Waals surface area contributed by atoms with Crippen molar-refractivity contribution in [2.75, 3.05) is 6.61 Å². The summed E-state index contributed by atoms with van der Waals surface area (Å²) >= 11 is 0.